The van der Waals surface area contributed by atoms with Crippen molar-refractivity contribution in [2.75, 3.05) is 25.1 Å². The predicted molar refractivity (Wildman–Crippen MR) is 150 cm³/mol. The summed E-state index contributed by atoms with van der Waals surface area (Å²) in [6.45, 7) is 2.47. The van der Waals surface area contributed by atoms with Gasteiger partial charge in [0, 0.05) is 12.7 Å². The number of para-hydroxylation sites is 2. The second-order valence-corrected chi connectivity index (χ2v) is 9.70. The van der Waals surface area contributed by atoms with Crippen LogP contribution in [0, 0.1) is 5.82 Å². The van der Waals surface area contributed by atoms with E-state index in [9.17, 15) is 14.0 Å². The van der Waals surface area contributed by atoms with Crippen LogP contribution >= 0.6 is 0 Å². The lowest BCUT2D eigenvalue weighted by molar-refractivity contribution is -0.134. The van der Waals surface area contributed by atoms with Crippen molar-refractivity contribution in [3.8, 4) is 11.4 Å². The van der Waals surface area contributed by atoms with E-state index < -0.39 is 0 Å². The van der Waals surface area contributed by atoms with E-state index in [-0.39, 0.29) is 36.6 Å². The highest BCUT2D eigenvalue weighted by Gasteiger charge is 2.37. The number of methoxy groups -OCH3 is 1. The maximum absolute atomic E-state index is 14.2. The lowest BCUT2D eigenvalue weighted by Crippen LogP contribution is -2.47. The van der Waals surface area contributed by atoms with Crippen LogP contribution in [0.2, 0.25) is 0 Å². The minimum absolute atomic E-state index is 0.0538. The van der Waals surface area contributed by atoms with Crippen LogP contribution in [0.1, 0.15) is 42.6 Å². The molecular formula is C32H32FN3O3. The molecule has 6 nitrogen and oxygen atoms in total. The molecule has 1 aromatic heterocycles. The number of aromatic nitrogens is 1. The zero-order chi connectivity index (χ0) is 27.4. The van der Waals surface area contributed by atoms with E-state index in [0.717, 1.165) is 41.2 Å². The molecule has 1 atom stereocenters. The number of rotatable bonds is 9. The van der Waals surface area contributed by atoms with Crippen LogP contribution < -0.4 is 9.64 Å². The van der Waals surface area contributed by atoms with Gasteiger partial charge in [-0.2, -0.15) is 0 Å². The summed E-state index contributed by atoms with van der Waals surface area (Å²) in [6.07, 6.45) is 3.79. The van der Waals surface area contributed by atoms with E-state index >= 15 is 0 Å². The molecule has 0 N–H and O–H groups in total. The molecule has 0 spiro atoms. The molecule has 2 heterocycles. The minimum atomic E-state index is -0.381. The molecule has 3 aromatic carbocycles. The SMILES string of the molecule is CCCCN(CC(=O)N1c2ccccc2-n2cccc2C1c1ccc(OC)cc1)C(=O)Cc1ccc(F)cc1. The number of fused-ring (bicyclic) bond motifs is 3. The number of benzene rings is 3. The molecule has 0 radical (unpaired) electrons. The van der Waals surface area contributed by atoms with Gasteiger partial charge in [0.15, 0.2) is 0 Å². The van der Waals surface area contributed by atoms with E-state index in [2.05, 4.69) is 11.5 Å². The number of hydrogen-bond acceptors (Lipinski definition) is 3. The summed E-state index contributed by atoms with van der Waals surface area (Å²) in [5.74, 6) is 0.0695. The van der Waals surface area contributed by atoms with E-state index in [0.29, 0.717) is 12.1 Å². The highest BCUT2D eigenvalue weighted by molar-refractivity contribution is 6.00. The van der Waals surface area contributed by atoms with Gasteiger partial charge in [-0.1, -0.05) is 49.7 Å². The molecular weight excluding hydrogens is 493 g/mol. The Morgan fingerprint density at radius 1 is 0.923 bits per heavy atom. The van der Waals surface area contributed by atoms with Crippen molar-refractivity contribution in [2.24, 2.45) is 0 Å². The summed E-state index contributed by atoms with van der Waals surface area (Å²) < 4.78 is 20.9. The molecule has 39 heavy (non-hydrogen) atoms. The molecule has 1 aliphatic heterocycles. The molecule has 200 valence electrons. The maximum Gasteiger partial charge on any atom is 0.247 e. The quantitative estimate of drug-likeness (QED) is 0.272. The summed E-state index contributed by atoms with van der Waals surface area (Å²) >= 11 is 0. The number of carbonyl (C=O) groups is 2. The average Bonchev–Trinajstić information content (AvgIpc) is 3.46. The number of nitrogens with zero attached hydrogens (tertiary/aromatic N) is 3. The first-order valence-electron chi connectivity index (χ1n) is 13.2. The first kappa shape index (κ1) is 26.2. The Morgan fingerprint density at radius 2 is 1.64 bits per heavy atom. The fourth-order valence-corrected chi connectivity index (χ4v) is 5.13. The first-order valence-corrected chi connectivity index (χ1v) is 13.2. The van der Waals surface area contributed by atoms with Crippen LogP contribution in [0.3, 0.4) is 0 Å². The van der Waals surface area contributed by atoms with Crippen molar-refractivity contribution in [3.63, 3.8) is 0 Å². The summed E-state index contributed by atoms with van der Waals surface area (Å²) in [6, 6.07) is 25.1. The van der Waals surface area contributed by atoms with Crippen molar-refractivity contribution in [1.29, 1.82) is 0 Å². The fourth-order valence-electron chi connectivity index (χ4n) is 5.13. The van der Waals surface area contributed by atoms with E-state index in [1.165, 1.54) is 12.1 Å². The Balaban J connectivity index is 1.50. The molecule has 7 heteroatoms. The van der Waals surface area contributed by atoms with E-state index in [1.807, 2.05) is 71.8 Å². The van der Waals surface area contributed by atoms with Gasteiger partial charge in [-0.3, -0.25) is 14.5 Å². The van der Waals surface area contributed by atoms with Crippen LogP contribution in [0.25, 0.3) is 5.69 Å². The van der Waals surface area contributed by atoms with E-state index in [4.69, 9.17) is 4.74 Å². The molecule has 0 saturated carbocycles. The zero-order valence-electron chi connectivity index (χ0n) is 22.2. The molecule has 1 unspecified atom stereocenters. The van der Waals surface area contributed by atoms with Crippen molar-refractivity contribution >= 4 is 17.5 Å². The Bertz CT molecular complexity index is 1450. The monoisotopic (exact) mass is 525 g/mol. The summed E-state index contributed by atoms with van der Waals surface area (Å²) in [5, 5.41) is 0. The summed E-state index contributed by atoms with van der Waals surface area (Å²) in [7, 11) is 1.63. The van der Waals surface area contributed by atoms with Crippen molar-refractivity contribution in [3.05, 3.63) is 114 Å². The first-order chi connectivity index (χ1) is 19.0. The molecule has 0 bridgehead atoms. The highest BCUT2D eigenvalue weighted by atomic mass is 19.1. The topological polar surface area (TPSA) is 54.8 Å². The van der Waals surface area contributed by atoms with Crippen molar-refractivity contribution < 1.29 is 18.7 Å². The molecule has 1 aliphatic rings. The summed E-state index contributed by atoms with van der Waals surface area (Å²) in [4.78, 5) is 31.1. The number of ether oxygens (including phenoxy) is 1. The summed E-state index contributed by atoms with van der Waals surface area (Å²) in [5.41, 5.74) is 4.32. The second-order valence-electron chi connectivity index (χ2n) is 9.70. The fraction of sp³-hybridized carbons (Fsp3) is 0.250. The smallest absolute Gasteiger partial charge is 0.247 e. The average molecular weight is 526 g/mol. The van der Waals surface area contributed by atoms with Gasteiger partial charge in [0.05, 0.1) is 30.6 Å². The largest absolute Gasteiger partial charge is 0.497 e. The lowest BCUT2D eigenvalue weighted by Gasteiger charge is -2.39. The third-order valence-corrected chi connectivity index (χ3v) is 7.15. The molecule has 0 aliphatic carbocycles. The second kappa shape index (κ2) is 11.6. The van der Waals surface area contributed by atoms with Crippen LogP contribution in [0.5, 0.6) is 5.75 Å². The van der Waals surface area contributed by atoms with Gasteiger partial charge in [0.2, 0.25) is 11.8 Å². The van der Waals surface area contributed by atoms with Crippen LogP contribution in [0.15, 0.2) is 91.1 Å². The van der Waals surface area contributed by atoms with Crippen LogP contribution in [-0.2, 0) is 16.0 Å². The van der Waals surface area contributed by atoms with Gasteiger partial charge < -0.3 is 14.2 Å². The van der Waals surface area contributed by atoms with Gasteiger partial charge in [0.25, 0.3) is 0 Å². The van der Waals surface area contributed by atoms with Gasteiger partial charge in [-0.05, 0) is 66.1 Å². The number of halogens is 1. The maximum atomic E-state index is 14.2. The lowest BCUT2D eigenvalue weighted by atomic mass is 9.97. The third kappa shape index (κ3) is 5.43. The molecule has 4 aromatic rings. The number of amides is 2. The normalized spacial score (nSPS) is 13.9. The Morgan fingerprint density at radius 3 is 2.33 bits per heavy atom. The van der Waals surface area contributed by atoms with Crippen molar-refractivity contribution in [2.45, 2.75) is 32.2 Å². The predicted octanol–water partition coefficient (Wildman–Crippen LogP) is 5.93. The van der Waals surface area contributed by atoms with Crippen LogP contribution in [0.4, 0.5) is 10.1 Å². The van der Waals surface area contributed by atoms with Gasteiger partial charge in [-0.15, -0.1) is 0 Å². The third-order valence-electron chi connectivity index (χ3n) is 7.15. The number of anilines is 1. The van der Waals surface area contributed by atoms with Gasteiger partial charge in [-0.25, -0.2) is 4.39 Å². The minimum Gasteiger partial charge on any atom is -0.497 e. The molecule has 0 fully saturated rings. The Labute approximate surface area is 228 Å². The standard InChI is InChI=1S/C32H32FN3O3/c1-3-4-19-34(30(37)21-23-11-15-25(33)16-12-23)22-31(38)36-28-9-6-5-8-27(28)35-20-7-10-29(35)32(36)24-13-17-26(39-2)18-14-24/h5-18,20,32H,3-4,19,21-22H2,1-2H3. The highest BCUT2D eigenvalue weighted by Crippen LogP contribution is 2.42. The van der Waals surface area contributed by atoms with Crippen LogP contribution in [-0.4, -0.2) is 41.5 Å². The Hall–Kier alpha value is -4.39. The molecule has 5 rings (SSSR count). The molecule has 2 amide bonds. The number of hydrogen-bond donors (Lipinski definition) is 0. The van der Waals surface area contributed by atoms with Gasteiger partial charge in [0.1, 0.15) is 24.2 Å². The zero-order valence-corrected chi connectivity index (χ0v) is 22.2. The van der Waals surface area contributed by atoms with Gasteiger partial charge >= 0.3 is 0 Å². The number of carbonyl (C=O) groups excluding carboxylic acids is 2. The Kier molecular flexibility index (Phi) is 7.77. The van der Waals surface area contributed by atoms with E-state index in [1.54, 1.807) is 24.1 Å². The molecule has 0 saturated heterocycles. The van der Waals surface area contributed by atoms with Crippen molar-refractivity contribution in [1.82, 2.24) is 9.47 Å². The number of unbranched alkanes of at least 4 members (excludes halogenated alkanes) is 1.